The average molecular weight is 201 g/mol. The van der Waals surface area contributed by atoms with E-state index in [1.807, 2.05) is 12.1 Å². The minimum absolute atomic E-state index is 0.313. The van der Waals surface area contributed by atoms with Crippen molar-refractivity contribution in [2.45, 2.75) is 31.6 Å². The summed E-state index contributed by atoms with van der Waals surface area (Å²) in [6, 6.07) is 8.08. The Hall–Kier alpha value is -1.44. The summed E-state index contributed by atoms with van der Waals surface area (Å²) in [5, 5.41) is 2.84. The molecule has 0 radical (unpaired) electrons. The third-order valence-electron chi connectivity index (χ3n) is 3.18. The highest BCUT2D eigenvalue weighted by atomic mass is 16.3. The summed E-state index contributed by atoms with van der Waals surface area (Å²) in [5.41, 5.74) is 2.52. The first kappa shape index (κ1) is 10.1. The van der Waals surface area contributed by atoms with E-state index in [1.54, 1.807) is 0 Å². The van der Waals surface area contributed by atoms with Gasteiger partial charge in [-0.15, -0.1) is 4.91 Å². The van der Waals surface area contributed by atoms with Crippen molar-refractivity contribution in [2.75, 3.05) is 0 Å². The van der Waals surface area contributed by atoms with Crippen LogP contribution in [0.15, 0.2) is 36.0 Å². The molecule has 0 aromatic heterocycles. The minimum atomic E-state index is 0.313. The van der Waals surface area contributed by atoms with E-state index < -0.39 is 0 Å². The van der Waals surface area contributed by atoms with E-state index in [2.05, 4.69) is 23.9 Å². The molecule has 0 unspecified atom stereocenters. The van der Waals surface area contributed by atoms with Gasteiger partial charge in [0.25, 0.3) is 0 Å². The smallest absolute Gasteiger partial charge is 0.108 e. The first-order chi connectivity index (χ1) is 7.31. The highest BCUT2D eigenvalue weighted by Crippen LogP contribution is 2.34. The third kappa shape index (κ3) is 2.14. The molecule has 15 heavy (non-hydrogen) atoms. The zero-order valence-corrected chi connectivity index (χ0v) is 8.78. The summed E-state index contributed by atoms with van der Waals surface area (Å²) in [7, 11) is 0. The van der Waals surface area contributed by atoms with Crippen LogP contribution in [-0.2, 0) is 0 Å². The Kier molecular flexibility index (Phi) is 2.95. The second-order valence-corrected chi connectivity index (χ2v) is 4.14. The lowest BCUT2D eigenvalue weighted by Gasteiger charge is -2.09. The predicted molar refractivity (Wildman–Crippen MR) is 62.5 cm³/mol. The first-order valence-corrected chi connectivity index (χ1v) is 5.44. The normalized spacial score (nSPS) is 16.5. The molecule has 1 fully saturated rings. The summed E-state index contributed by atoms with van der Waals surface area (Å²) >= 11 is 0. The zero-order chi connectivity index (χ0) is 10.7. The van der Waals surface area contributed by atoms with Gasteiger partial charge in [-0.2, -0.15) is 0 Å². The fourth-order valence-electron chi connectivity index (χ4n) is 2.26. The van der Waals surface area contributed by atoms with Gasteiger partial charge >= 0.3 is 0 Å². The topological polar surface area (TPSA) is 29.4 Å². The Morgan fingerprint density at radius 3 is 2.33 bits per heavy atom. The molecule has 0 atom stereocenters. The van der Waals surface area contributed by atoms with Gasteiger partial charge < -0.3 is 0 Å². The summed E-state index contributed by atoms with van der Waals surface area (Å²) in [6.07, 6.45) is 5.28. The molecule has 2 heteroatoms. The molecule has 0 aliphatic heterocycles. The van der Waals surface area contributed by atoms with Gasteiger partial charge in [-0.05, 0) is 29.5 Å². The molecule has 0 amide bonds. The molecule has 0 heterocycles. The van der Waals surface area contributed by atoms with Crippen molar-refractivity contribution in [3.63, 3.8) is 0 Å². The molecule has 1 aromatic carbocycles. The Labute approximate surface area is 90.0 Å². The van der Waals surface area contributed by atoms with Crippen LogP contribution < -0.4 is 0 Å². The van der Waals surface area contributed by atoms with Gasteiger partial charge in [0.1, 0.15) is 5.70 Å². The van der Waals surface area contributed by atoms with E-state index in [0.29, 0.717) is 5.70 Å². The van der Waals surface area contributed by atoms with Crippen LogP contribution in [0.3, 0.4) is 0 Å². The van der Waals surface area contributed by atoms with Crippen LogP contribution in [0.2, 0.25) is 0 Å². The molecule has 2 nitrogen and oxygen atoms in total. The lowest BCUT2D eigenvalue weighted by molar-refractivity contribution is 0.723. The predicted octanol–water partition coefficient (Wildman–Crippen LogP) is 4.08. The van der Waals surface area contributed by atoms with Gasteiger partial charge in [0.2, 0.25) is 0 Å². The maximum Gasteiger partial charge on any atom is 0.108 e. The van der Waals surface area contributed by atoms with Crippen LogP contribution in [0, 0.1) is 4.91 Å². The minimum Gasteiger partial charge on any atom is -0.145 e. The van der Waals surface area contributed by atoms with E-state index in [9.17, 15) is 4.91 Å². The summed E-state index contributed by atoms with van der Waals surface area (Å²) in [5.74, 6) is 0.719. The fourth-order valence-corrected chi connectivity index (χ4v) is 2.26. The van der Waals surface area contributed by atoms with Gasteiger partial charge in [0.05, 0.1) is 0 Å². The van der Waals surface area contributed by atoms with Crippen LogP contribution in [0.4, 0.5) is 0 Å². The van der Waals surface area contributed by atoms with E-state index >= 15 is 0 Å². The number of benzene rings is 1. The fraction of sp³-hybridized carbons (Fsp3) is 0.385. The molecule has 0 bridgehead atoms. The van der Waals surface area contributed by atoms with Crippen molar-refractivity contribution >= 4 is 5.70 Å². The van der Waals surface area contributed by atoms with Crippen molar-refractivity contribution in [2.24, 2.45) is 5.18 Å². The monoisotopic (exact) mass is 201 g/mol. The summed E-state index contributed by atoms with van der Waals surface area (Å²) in [6.45, 7) is 3.59. The molecule has 1 saturated carbocycles. The lowest BCUT2D eigenvalue weighted by Crippen LogP contribution is -1.91. The molecule has 0 N–H and O–H groups in total. The molecular weight excluding hydrogens is 186 g/mol. The maximum atomic E-state index is 10.3. The Morgan fingerprint density at radius 2 is 1.80 bits per heavy atom. The highest BCUT2D eigenvalue weighted by molar-refractivity contribution is 5.62. The number of nitrogens with zero attached hydrogens (tertiary/aromatic N) is 1. The molecular formula is C13H15NO. The standard InChI is InChI=1S/C13H15NO/c1-10(14-15)11-6-8-13(9-7-11)12-4-2-3-5-12/h6-9,12H,1-5H2. The summed E-state index contributed by atoms with van der Waals surface area (Å²) in [4.78, 5) is 10.3. The molecule has 78 valence electrons. The number of hydrogen-bond donors (Lipinski definition) is 0. The SMILES string of the molecule is C=C(N=O)c1ccc(C2CCCC2)cc1. The van der Waals surface area contributed by atoms with E-state index in [-0.39, 0.29) is 0 Å². The average Bonchev–Trinajstić information content (AvgIpc) is 2.82. The second-order valence-electron chi connectivity index (χ2n) is 4.14. The molecule has 1 aromatic rings. The number of hydrogen-bond acceptors (Lipinski definition) is 2. The number of nitroso groups, excluding NO2 is 1. The molecule has 2 rings (SSSR count). The van der Waals surface area contributed by atoms with Gasteiger partial charge in [-0.25, -0.2) is 0 Å². The van der Waals surface area contributed by atoms with Crippen molar-refractivity contribution < 1.29 is 0 Å². The quantitative estimate of drug-likeness (QED) is 0.677. The molecule has 0 saturated heterocycles. The van der Waals surface area contributed by atoms with Crippen molar-refractivity contribution in [1.29, 1.82) is 0 Å². The zero-order valence-electron chi connectivity index (χ0n) is 8.78. The van der Waals surface area contributed by atoms with E-state index in [0.717, 1.165) is 11.5 Å². The van der Waals surface area contributed by atoms with Crippen LogP contribution in [0.25, 0.3) is 5.70 Å². The van der Waals surface area contributed by atoms with Gasteiger partial charge in [0.15, 0.2) is 0 Å². The first-order valence-electron chi connectivity index (χ1n) is 5.44. The van der Waals surface area contributed by atoms with Crippen molar-refractivity contribution in [3.8, 4) is 0 Å². The lowest BCUT2D eigenvalue weighted by atomic mass is 9.96. The van der Waals surface area contributed by atoms with Crippen LogP contribution in [-0.4, -0.2) is 0 Å². The molecule has 1 aliphatic rings. The third-order valence-corrected chi connectivity index (χ3v) is 3.18. The number of rotatable bonds is 3. The van der Waals surface area contributed by atoms with E-state index in [1.165, 1.54) is 31.2 Å². The van der Waals surface area contributed by atoms with Crippen molar-refractivity contribution in [1.82, 2.24) is 0 Å². The Morgan fingerprint density at radius 1 is 1.20 bits per heavy atom. The Balaban J connectivity index is 2.16. The van der Waals surface area contributed by atoms with Crippen LogP contribution >= 0.6 is 0 Å². The Bertz CT molecular complexity index is 361. The van der Waals surface area contributed by atoms with Crippen LogP contribution in [0.1, 0.15) is 42.7 Å². The second kappa shape index (κ2) is 4.39. The maximum absolute atomic E-state index is 10.3. The van der Waals surface area contributed by atoms with Gasteiger partial charge in [0, 0.05) is 5.56 Å². The molecule has 1 aliphatic carbocycles. The van der Waals surface area contributed by atoms with Gasteiger partial charge in [-0.3, -0.25) is 0 Å². The van der Waals surface area contributed by atoms with Crippen LogP contribution in [0.5, 0.6) is 0 Å². The summed E-state index contributed by atoms with van der Waals surface area (Å²) < 4.78 is 0. The largest absolute Gasteiger partial charge is 0.145 e. The van der Waals surface area contributed by atoms with E-state index in [4.69, 9.17) is 0 Å². The van der Waals surface area contributed by atoms with Gasteiger partial charge in [-0.1, -0.05) is 43.7 Å². The highest BCUT2D eigenvalue weighted by Gasteiger charge is 2.16. The molecule has 0 spiro atoms. The van der Waals surface area contributed by atoms with Crippen molar-refractivity contribution in [3.05, 3.63) is 46.9 Å².